The molecule has 0 unspecified atom stereocenters. The van der Waals surface area contributed by atoms with Gasteiger partial charge >= 0.3 is 0 Å². The maximum atomic E-state index is 13.4. The number of hydrogen-bond acceptors (Lipinski definition) is 6. The number of fused-ring (bicyclic) bond motifs is 1. The van der Waals surface area contributed by atoms with Crippen LogP contribution in [0.15, 0.2) is 71.3 Å². The number of hydrogen-bond donors (Lipinski definition) is 2. The zero-order valence-electron chi connectivity index (χ0n) is 19.8. The first-order valence-corrected chi connectivity index (χ1v) is 14.4. The van der Waals surface area contributed by atoms with Crippen molar-refractivity contribution in [1.29, 1.82) is 0 Å². The zero-order valence-corrected chi connectivity index (χ0v) is 21.4. The second-order valence-electron chi connectivity index (χ2n) is 9.24. The summed E-state index contributed by atoms with van der Waals surface area (Å²) in [5.41, 5.74) is 4.75. The fourth-order valence-electron chi connectivity index (χ4n) is 4.87. The van der Waals surface area contributed by atoms with Crippen molar-refractivity contribution in [3.05, 3.63) is 72.9 Å². The van der Waals surface area contributed by atoms with Crippen molar-refractivity contribution in [2.24, 2.45) is 5.92 Å². The lowest BCUT2D eigenvalue weighted by molar-refractivity contribution is 0.520. The van der Waals surface area contributed by atoms with E-state index < -0.39 is 10.0 Å². The minimum Gasteiger partial charge on any atom is -0.277 e. The van der Waals surface area contributed by atoms with Gasteiger partial charge in [0.05, 0.1) is 28.0 Å². The highest BCUT2D eigenvalue weighted by atomic mass is 32.2. The second kappa shape index (κ2) is 9.77. The summed E-state index contributed by atoms with van der Waals surface area (Å²) in [5, 5.41) is 8.03. The van der Waals surface area contributed by atoms with E-state index in [2.05, 4.69) is 24.9 Å². The van der Waals surface area contributed by atoms with Crippen molar-refractivity contribution in [1.82, 2.24) is 24.9 Å². The molecule has 5 aromatic rings. The van der Waals surface area contributed by atoms with Gasteiger partial charge in [-0.05, 0) is 72.9 Å². The normalized spacial score (nSPS) is 14.5. The first-order chi connectivity index (χ1) is 18.0. The Morgan fingerprint density at radius 1 is 1.00 bits per heavy atom. The smallest absolute Gasteiger partial charge is 0.250 e. The molecule has 0 bridgehead atoms. The van der Waals surface area contributed by atoms with Gasteiger partial charge in [0.1, 0.15) is 16.4 Å². The molecule has 0 amide bonds. The molecule has 0 radical (unpaired) electrons. The number of halogens is 1. The third-order valence-corrected chi connectivity index (χ3v) is 9.84. The first-order valence-electron chi connectivity index (χ1n) is 12.1. The van der Waals surface area contributed by atoms with E-state index in [-0.39, 0.29) is 10.0 Å². The Hall–Kier alpha value is -3.47. The summed E-state index contributed by atoms with van der Waals surface area (Å²) in [6.45, 7) is 0.483. The molecular formula is C27H24FN5O2S2. The van der Waals surface area contributed by atoms with Crippen LogP contribution in [-0.4, -0.2) is 35.1 Å². The molecule has 1 aliphatic rings. The van der Waals surface area contributed by atoms with Gasteiger partial charge < -0.3 is 0 Å². The van der Waals surface area contributed by atoms with Crippen molar-refractivity contribution in [3.63, 3.8) is 0 Å². The second-order valence-corrected chi connectivity index (χ2v) is 12.3. The van der Waals surface area contributed by atoms with Crippen LogP contribution in [-0.2, 0) is 10.0 Å². The van der Waals surface area contributed by atoms with E-state index in [4.69, 9.17) is 0 Å². The lowest BCUT2D eigenvalue weighted by atomic mass is 9.99. The molecule has 0 spiro atoms. The van der Waals surface area contributed by atoms with Crippen LogP contribution in [0.3, 0.4) is 0 Å². The minimum absolute atomic E-state index is 0.275. The fraction of sp³-hybridized carbons (Fsp3) is 0.222. The minimum atomic E-state index is -3.59. The molecule has 188 valence electrons. The molecule has 7 nitrogen and oxygen atoms in total. The Kier molecular flexibility index (Phi) is 6.31. The Balaban J connectivity index is 1.34. The topological polar surface area (TPSA) is 101 Å². The van der Waals surface area contributed by atoms with Gasteiger partial charge in [0.2, 0.25) is 10.0 Å². The SMILES string of the molecule is O=S(=O)(NCC1CCCC1)c1ccc(-c2ncnc3ccc(-c4cn[nH]c4-c4ccc(F)cc4)cc23)s1. The highest BCUT2D eigenvalue weighted by Gasteiger charge is 2.22. The molecule has 10 heteroatoms. The predicted octanol–water partition coefficient (Wildman–Crippen LogP) is 6.02. The Labute approximate surface area is 217 Å². The number of H-pyrrole nitrogens is 1. The molecule has 0 aliphatic heterocycles. The number of nitrogens with one attached hydrogen (secondary N) is 2. The summed E-state index contributed by atoms with van der Waals surface area (Å²) in [6, 6.07) is 15.5. The number of thiophene rings is 1. The van der Waals surface area contributed by atoms with Gasteiger partial charge in [0, 0.05) is 23.1 Å². The molecule has 1 fully saturated rings. The highest BCUT2D eigenvalue weighted by molar-refractivity contribution is 7.91. The van der Waals surface area contributed by atoms with Crippen molar-refractivity contribution in [2.75, 3.05) is 6.54 Å². The van der Waals surface area contributed by atoms with E-state index in [1.54, 1.807) is 30.5 Å². The number of benzene rings is 2. The number of rotatable bonds is 7. The van der Waals surface area contributed by atoms with E-state index in [9.17, 15) is 12.8 Å². The monoisotopic (exact) mass is 533 g/mol. The largest absolute Gasteiger partial charge is 0.277 e. The lowest BCUT2D eigenvalue weighted by Crippen LogP contribution is -2.27. The Morgan fingerprint density at radius 3 is 2.59 bits per heavy atom. The van der Waals surface area contributed by atoms with E-state index in [1.165, 1.54) is 42.6 Å². The van der Waals surface area contributed by atoms with E-state index in [1.807, 2.05) is 18.2 Å². The average Bonchev–Trinajstić information content (AvgIpc) is 3.69. The zero-order chi connectivity index (χ0) is 25.4. The molecule has 2 aromatic carbocycles. The summed E-state index contributed by atoms with van der Waals surface area (Å²) >= 11 is 1.20. The summed E-state index contributed by atoms with van der Waals surface area (Å²) in [4.78, 5) is 9.67. The molecule has 2 N–H and O–H groups in total. The van der Waals surface area contributed by atoms with Gasteiger partial charge in [-0.15, -0.1) is 11.3 Å². The summed E-state index contributed by atoms with van der Waals surface area (Å²) in [7, 11) is -3.59. The molecule has 0 saturated heterocycles. The number of sulfonamides is 1. The van der Waals surface area contributed by atoms with Crippen molar-refractivity contribution in [2.45, 2.75) is 29.9 Å². The summed E-state index contributed by atoms with van der Waals surface area (Å²) in [6.07, 6.45) is 7.71. The third-order valence-electron chi connectivity index (χ3n) is 6.83. The maximum absolute atomic E-state index is 13.4. The maximum Gasteiger partial charge on any atom is 0.250 e. The van der Waals surface area contributed by atoms with E-state index in [0.717, 1.165) is 51.0 Å². The van der Waals surface area contributed by atoms with E-state index in [0.29, 0.717) is 18.2 Å². The number of nitrogens with zero attached hydrogens (tertiary/aromatic N) is 3. The van der Waals surface area contributed by atoms with Crippen molar-refractivity contribution >= 4 is 32.3 Å². The van der Waals surface area contributed by atoms with Crippen LogP contribution >= 0.6 is 11.3 Å². The molecule has 1 aliphatic carbocycles. The molecular weight excluding hydrogens is 509 g/mol. The predicted molar refractivity (Wildman–Crippen MR) is 143 cm³/mol. The van der Waals surface area contributed by atoms with Gasteiger partial charge in [-0.2, -0.15) is 5.10 Å². The van der Waals surface area contributed by atoms with Gasteiger partial charge in [0.25, 0.3) is 0 Å². The summed E-state index contributed by atoms with van der Waals surface area (Å²) in [5.74, 6) is 0.115. The van der Waals surface area contributed by atoms with Gasteiger partial charge in [-0.1, -0.05) is 18.9 Å². The molecule has 6 rings (SSSR count). The van der Waals surface area contributed by atoms with E-state index >= 15 is 0 Å². The van der Waals surface area contributed by atoms with Gasteiger partial charge in [-0.25, -0.2) is 27.5 Å². The first kappa shape index (κ1) is 23.9. The van der Waals surface area contributed by atoms with Crippen LogP contribution in [0.5, 0.6) is 0 Å². The van der Waals surface area contributed by atoms with Gasteiger partial charge in [0.15, 0.2) is 0 Å². The molecule has 3 heterocycles. The molecule has 0 atom stereocenters. The van der Waals surface area contributed by atoms with Crippen molar-refractivity contribution < 1.29 is 12.8 Å². The Morgan fingerprint density at radius 2 is 1.78 bits per heavy atom. The average molecular weight is 534 g/mol. The van der Waals surface area contributed by atoms with Crippen LogP contribution in [0.2, 0.25) is 0 Å². The van der Waals surface area contributed by atoms with Crippen LogP contribution in [0, 0.1) is 11.7 Å². The Bertz CT molecular complexity index is 1670. The van der Waals surface area contributed by atoms with Crippen LogP contribution in [0.1, 0.15) is 25.7 Å². The van der Waals surface area contributed by atoms with Gasteiger partial charge in [-0.3, -0.25) is 5.10 Å². The van der Waals surface area contributed by atoms with Crippen LogP contribution < -0.4 is 4.72 Å². The summed E-state index contributed by atoms with van der Waals surface area (Å²) < 4.78 is 42.4. The molecule has 1 saturated carbocycles. The van der Waals surface area contributed by atoms with Crippen LogP contribution in [0.25, 0.3) is 43.9 Å². The highest BCUT2D eigenvalue weighted by Crippen LogP contribution is 2.37. The molecule has 37 heavy (non-hydrogen) atoms. The number of aromatic amines is 1. The fourth-order valence-corrected chi connectivity index (χ4v) is 7.34. The van der Waals surface area contributed by atoms with Crippen molar-refractivity contribution in [3.8, 4) is 33.0 Å². The molecule has 3 aromatic heterocycles. The third kappa shape index (κ3) is 4.79. The standard InChI is InChI=1S/C27H24FN5O2S2/c28-20-8-5-18(6-9-20)26-22(15-31-33-26)19-7-10-23-21(13-19)27(30-16-29-23)24-11-12-25(36-24)37(34,35)32-14-17-3-1-2-4-17/h5-13,15-17,32H,1-4,14H2,(H,31,33). The van der Waals surface area contributed by atoms with Crippen LogP contribution in [0.4, 0.5) is 4.39 Å². The number of aromatic nitrogens is 4. The quantitative estimate of drug-likeness (QED) is 0.266. The lowest BCUT2D eigenvalue weighted by Gasteiger charge is -2.10.